The molecule has 2 aromatic carbocycles. The van der Waals surface area contributed by atoms with Gasteiger partial charge in [0.25, 0.3) is 6.01 Å². The monoisotopic (exact) mass is 250 g/mol. The smallest absolute Gasteiger partial charge is 0.293 e. The van der Waals surface area contributed by atoms with E-state index in [1.165, 1.54) is 0 Å². The molecule has 4 aromatic rings. The maximum atomic E-state index is 5.62. The van der Waals surface area contributed by atoms with Gasteiger partial charge in [-0.25, -0.2) is 4.98 Å². The summed E-state index contributed by atoms with van der Waals surface area (Å²) in [6, 6.07) is 12.0. The summed E-state index contributed by atoms with van der Waals surface area (Å²) in [4.78, 5) is 11.6. The number of anilines is 1. The van der Waals surface area contributed by atoms with E-state index in [-0.39, 0.29) is 6.01 Å². The fourth-order valence-corrected chi connectivity index (χ4v) is 2.30. The Morgan fingerprint density at radius 2 is 2.11 bits per heavy atom. The van der Waals surface area contributed by atoms with Crippen molar-refractivity contribution < 1.29 is 4.42 Å². The number of rotatable bonds is 1. The zero-order chi connectivity index (χ0) is 12.8. The topological polar surface area (TPSA) is 80.7 Å². The van der Waals surface area contributed by atoms with Crippen molar-refractivity contribution >= 4 is 28.1 Å². The number of nitrogens with one attached hydrogen (secondary N) is 1. The van der Waals surface area contributed by atoms with Crippen LogP contribution >= 0.6 is 0 Å². The Bertz CT molecular complexity index is 891. The number of benzene rings is 2. The van der Waals surface area contributed by atoms with Gasteiger partial charge in [-0.05, 0) is 23.8 Å². The summed E-state index contributed by atoms with van der Waals surface area (Å²) in [6.07, 6.45) is 1.68. The van der Waals surface area contributed by atoms with Crippen molar-refractivity contribution in [1.82, 2.24) is 15.0 Å². The average Bonchev–Trinajstić information content (AvgIpc) is 3.01. The van der Waals surface area contributed by atoms with Gasteiger partial charge in [0, 0.05) is 5.56 Å². The second kappa shape index (κ2) is 3.58. The molecule has 0 spiro atoms. The van der Waals surface area contributed by atoms with Crippen LogP contribution in [0.15, 0.2) is 47.1 Å². The molecule has 0 fully saturated rings. The van der Waals surface area contributed by atoms with Gasteiger partial charge in [-0.1, -0.05) is 18.2 Å². The number of H-pyrrole nitrogens is 1. The highest BCUT2D eigenvalue weighted by molar-refractivity contribution is 5.94. The molecular formula is C14H10N4O. The Morgan fingerprint density at radius 3 is 3.05 bits per heavy atom. The molecule has 0 aliphatic heterocycles. The van der Waals surface area contributed by atoms with E-state index >= 15 is 0 Å². The first-order valence-corrected chi connectivity index (χ1v) is 5.90. The van der Waals surface area contributed by atoms with Crippen molar-refractivity contribution in [2.75, 3.05) is 5.73 Å². The zero-order valence-electron chi connectivity index (χ0n) is 9.92. The van der Waals surface area contributed by atoms with Crippen LogP contribution in [0.25, 0.3) is 33.3 Å². The van der Waals surface area contributed by atoms with Crippen molar-refractivity contribution in [2.45, 2.75) is 0 Å². The first-order valence-electron chi connectivity index (χ1n) is 5.90. The van der Waals surface area contributed by atoms with Crippen molar-refractivity contribution in [2.24, 2.45) is 0 Å². The summed E-state index contributed by atoms with van der Waals surface area (Å²) < 4.78 is 5.35. The molecular weight excluding hydrogens is 240 g/mol. The molecule has 19 heavy (non-hydrogen) atoms. The van der Waals surface area contributed by atoms with Crippen LogP contribution in [0.1, 0.15) is 0 Å². The minimum atomic E-state index is 0.185. The molecule has 5 nitrogen and oxygen atoms in total. The molecule has 0 amide bonds. The molecule has 2 heterocycles. The lowest BCUT2D eigenvalue weighted by Gasteiger charge is -2.01. The number of hydrogen-bond donors (Lipinski definition) is 2. The number of imidazole rings is 1. The van der Waals surface area contributed by atoms with Crippen LogP contribution < -0.4 is 5.73 Å². The lowest BCUT2D eigenvalue weighted by Crippen LogP contribution is -1.83. The third kappa shape index (κ3) is 1.48. The number of oxazole rings is 1. The SMILES string of the molecule is Nc1nc2c(-c3ccc4nc[nH]c4c3)cccc2o1. The molecule has 4 rings (SSSR count). The summed E-state index contributed by atoms with van der Waals surface area (Å²) in [5.74, 6) is 0. The van der Waals surface area contributed by atoms with E-state index in [9.17, 15) is 0 Å². The van der Waals surface area contributed by atoms with Gasteiger partial charge in [-0.2, -0.15) is 4.98 Å². The quantitative estimate of drug-likeness (QED) is 0.544. The van der Waals surface area contributed by atoms with Crippen molar-refractivity contribution in [3.05, 3.63) is 42.7 Å². The van der Waals surface area contributed by atoms with Gasteiger partial charge < -0.3 is 15.1 Å². The van der Waals surface area contributed by atoms with Gasteiger partial charge in [0.15, 0.2) is 5.58 Å². The first kappa shape index (κ1) is 10.1. The van der Waals surface area contributed by atoms with Crippen LogP contribution in [0, 0.1) is 0 Å². The normalized spacial score (nSPS) is 11.4. The molecule has 2 aromatic heterocycles. The molecule has 0 atom stereocenters. The molecule has 0 saturated heterocycles. The van der Waals surface area contributed by atoms with Gasteiger partial charge >= 0.3 is 0 Å². The maximum absolute atomic E-state index is 5.62. The number of nitrogens with two attached hydrogens (primary N) is 1. The standard InChI is InChI=1S/C14H10N4O/c15-14-18-13-9(2-1-3-12(13)19-14)8-4-5-10-11(6-8)17-7-16-10/h1-7H,(H2,15,18)(H,16,17). The zero-order valence-corrected chi connectivity index (χ0v) is 9.92. The number of aromatic nitrogens is 3. The van der Waals surface area contributed by atoms with Gasteiger partial charge in [-0.3, -0.25) is 0 Å². The van der Waals surface area contributed by atoms with E-state index in [1.54, 1.807) is 6.33 Å². The average molecular weight is 250 g/mol. The lowest BCUT2D eigenvalue weighted by molar-refractivity contribution is 0.626. The molecule has 3 N–H and O–H groups in total. The minimum Gasteiger partial charge on any atom is -0.424 e. The molecule has 0 aliphatic rings. The molecule has 0 bridgehead atoms. The number of nitrogen functional groups attached to an aromatic ring is 1. The van der Waals surface area contributed by atoms with Gasteiger partial charge in [0.1, 0.15) is 5.52 Å². The van der Waals surface area contributed by atoms with E-state index in [4.69, 9.17) is 10.2 Å². The van der Waals surface area contributed by atoms with Crippen molar-refractivity contribution in [1.29, 1.82) is 0 Å². The van der Waals surface area contributed by atoms with Gasteiger partial charge in [0.2, 0.25) is 0 Å². The Hall–Kier alpha value is -2.82. The van der Waals surface area contributed by atoms with E-state index in [2.05, 4.69) is 15.0 Å². The Morgan fingerprint density at radius 1 is 1.16 bits per heavy atom. The van der Waals surface area contributed by atoms with Crippen LogP contribution in [0.2, 0.25) is 0 Å². The molecule has 0 unspecified atom stereocenters. The minimum absolute atomic E-state index is 0.185. The second-order valence-electron chi connectivity index (χ2n) is 4.34. The fourth-order valence-electron chi connectivity index (χ4n) is 2.30. The molecule has 0 aliphatic carbocycles. The van der Waals surface area contributed by atoms with Crippen LogP contribution in [0.5, 0.6) is 0 Å². The highest BCUT2D eigenvalue weighted by Crippen LogP contribution is 2.30. The summed E-state index contributed by atoms with van der Waals surface area (Å²) in [6.45, 7) is 0. The van der Waals surface area contributed by atoms with Crippen LogP contribution in [-0.2, 0) is 0 Å². The summed E-state index contributed by atoms with van der Waals surface area (Å²) in [7, 11) is 0. The van der Waals surface area contributed by atoms with Gasteiger partial charge in [-0.15, -0.1) is 0 Å². The molecule has 92 valence electrons. The predicted octanol–water partition coefficient (Wildman–Crippen LogP) is 2.95. The van der Waals surface area contributed by atoms with Crippen LogP contribution in [-0.4, -0.2) is 15.0 Å². The fraction of sp³-hybridized carbons (Fsp3) is 0. The number of para-hydroxylation sites is 1. The Kier molecular flexibility index (Phi) is 1.91. The Balaban J connectivity index is 2.02. The van der Waals surface area contributed by atoms with Crippen molar-refractivity contribution in [3.8, 4) is 11.1 Å². The van der Waals surface area contributed by atoms with Gasteiger partial charge in [0.05, 0.1) is 17.4 Å². The number of hydrogen-bond acceptors (Lipinski definition) is 4. The number of aromatic amines is 1. The third-order valence-electron chi connectivity index (χ3n) is 3.17. The number of fused-ring (bicyclic) bond motifs is 2. The van der Waals surface area contributed by atoms with E-state index < -0.39 is 0 Å². The third-order valence-corrected chi connectivity index (χ3v) is 3.17. The summed E-state index contributed by atoms with van der Waals surface area (Å²) in [5.41, 5.74) is 11.1. The highest BCUT2D eigenvalue weighted by Gasteiger charge is 2.10. The van der Waals surface area contributed by atoms with Crippen LogP contribution in [0.4, 0.5) is 6.01 Å². The molecule has 0 saturated carbocycles. The first-order chi connectivity index (χ1) is 9.31. The predicted molar refractivity (Wildman–Crippen MR) is 73.5 cm³/mol. The van der Waals surface area contributed by atoms with E-state index in [1.807, 2.05) is 36.4 Å². The molecule has 0 radical (unpaired) electrons. The number of nitrogens with zero attached hydrogens (tertiary/aromatic N) is 2. The largest absolute Gasteiger partial charge is 0.424 e. The van der Waals surface area contributed by atoms with E-state index in [0.717, 1.165) is 27.7 Å². The lowest BCUT2D eigenvalue weighted by atomic mass is 10.0. The second-order valence-corrected chi connectivity index (χ2v) is 4.34. The summed E-state index contributed by atoms with van der Waals surface area (Å²) >= 11 is 0. The summed E-state index contributed by atoms with van der Waals surface area (Å²) in [5, 5.41) is 0. The van der Waals surface area contributed by atoms with E-state index in [0.29, 0.717) is 5.58 Å². The molecule has 5 heteroatoms. The van der Waals surface area contributed by atoms with Crippen molar-refractivity contribution in [3.63, 3.8) is 0 Å². The van der Waals surface area contributed by atoms with Crippen LogP contribution in [0.3, 0.4) is 0 Å². The highest BCUT2D eigenvalue weighted by atomic mass is 16.4. The maximum Gasteiger partial charge on any atom is 0.293 e. The Labute approximate surface area is 108 Å².